The predicted octanol–water partition coefficient (Wildman–Crippen LogP) is 4.50. The second kappa shape index (κ2) is 8.78. The predicted molar refractivity (Wildman–Crippen MR) is 114 cm³/mol. The molecule has 1 amide bonds. The van der Waals surface area contributed by atoms with Gasteiger partial charge in [0.25, 0.3) is 0 Å². The van der Waals surface area contributed by atoms with Crippen molar-refractivity contribution in [3.05, 3.63) is 59.1 Å². The molecule has 4 rings (SSSR count). The van der Waals surface area contributed by atoms with Crippen molar-refractivity contribution in [1.82, 2.24) is 19.7 Å². The maximum absolute atomic E-state index is 13.0. The fourth-order valence-corrected chi connectivity index (χ4v) is 3.83. The molecule has 32 heavy (non-hydrogen) atoms. The topological polar surface area (TPSA) is 75.9 Å². The van der Waals surface area contributed by atoms with E-state index in [0.717, 1.165) is 30.4 Å². The summed E-state index contributed by atoms with van der Waals surface area (Å²) in [5.74, 6) is 1.24. The molecule has 1 fully saturated rings. The van der Waals surface area contributed by atoms with Gasteiger partial charge < -0.3 is 10.2 Å². The van der Waals surface area contributed by atoms with Gasteiger partial charge in [-0.15, -0.1) is 10.2 Å². The fraction of sp³-hybridized carbons (Fsp3) is 0.333. The molecule has 1 aliphatic rings. The van der Waals surface area contributed by atoms with Crippen molar-refractivity contribution in [1.29, 1.82) is 0 Å². The van der Waals surface area contributed by atoms with Gasteiger partial charge in [-0.3, -0.25) is 9.36 Å². The zero-order valence-corrected chi connectivity index (χ0v) is 17.9. The highest BCUT2D eigenvalue weighted by Gasteiger charge is 2.32. The number of hydrogen-bond donors (Lipinski definition) is 1. The lowest BCUT2D eigenvalue weighted by molar-refractivity contribution is -0.137. The van der Waals surface area contributed by atoms with Gasteiger partial charge >= 0.3 is 6.18 Å². The van der Waals surface area contributed by atoms with Crippen molar-refractivity contribution >= 4 is 29.0 Å². The molecule has 0 bridgehead atoms. The summed E-state index contributed by atoms with van der Waals surface area (Å²) in [7, 11) is 0. The van der Waals surface area contributed by atoms with Crippen molar-refractivity contribution in [3.63, 3.8) is 0 Å². The molecule has 0 saturated carbocycles. The van der Waals surface area contributed by atoms with E-state index in [9.17, 15) is 18.0 Å². The average molecular weight is 465 g/mol. The van der Waals surface area contributed by atoms with Crippen LogP contribution in [0.25, 0.3) is 5.82 Å². The van der Waals surface area contributed by atoms with Gasteiger partial charge in [-0.2, -0.15) is 13.2 Å². The van der Waals surface area contributed by atoms with E-state index in [-0.39, 0.29) is 16.6 Å². The van der Waals surface area contributed by atoms with Crippen LogP contribution < -0.4 is 10.2 Å². The number of nitrogens with one attached hydrogen (secondary N) is 1. The number of aryl methyl sites for hydroxylation is 1. The molecule has 1 aromatic carbocycles. The maximum atomic E-state index is 13.0. The largest absolute Gasteiger partial charge is 0.416 e. The van der Waals surface area contributed by atoms with Gasteiger partial charge in [0.05, 0.1) is 22.2 Å². The molecule has 1 saturated heterocycles. The molecule has 1 N–H and O–H groups in total. The molecule has 2 aromatic heterocycles. The van der Waals surface area contributed by atoms with Gasteiger partial charge in [0.1, 0.15) is 5.82 Å². The number of rotatable bonds is 4. The van der Waals surface area contributed by atoms with Gasteiger partial charge in [-0.25, -0.2) is 4.98 Å². The second-order valence-corrected chi connectivity index (χ2v) is 7.97. The van der Waals surface area contributed by atoms with E-state index in [1.165, 1.54) is 0 Å². The minimum absolute atomic E-state index is 0.0512. The van der Waals surface area contributed by atoms with Gasteiger partial charge in [-0.1, -0.05) is 11.6 Å². The Morgan fingerprint density at radius 2 is 1.94 bits per heavy atom. The lowest BCUT2D eigenvalue weighted by Crippen LogP contribution is -2.41. The standard InChI is InChI=1S/C21H20ClF3N6O/c1-13-26-8-10-31(13)19-7-6-18(28-29-19)30-9-2-3-14(12-30)20(32)27-17-11-15(21(23,24)25)4-5-16(17)22/h4-8,10-11,14H,2-3,9,12H2,1H3,(H,27,32). The SMILES string of the molecule is Cc1nccn1-c1ccc(N2CCCC(C(=O)Nc3cc(C(F)(F)F)ccc3Cl)C2)nn1. The van der Waals surface area contributed by atoms with Gasteiger partial charge in [-0.05, 0) is 50.1 Å². The van der Waals surface area contributed by atoms with Crippen LogP contribution in [0.1, 0.15) is 24.2 Å². The van der Waals surface area contributed by atoms with Crippen LogP contribution in [0.15, 0.2) is 42.7 Å². The molecule has 7 nitrogen and oxygen atoms in total. The van der Waals surface area contributed by atoms with Crippen LogP contribution in [0.4, 0.5) is 24.7 Å². The third-order valence-corrected chi connectivity index (χ3v) is 5.71. The summed E-state index contributed by atoms with van der Waals surface area (Å²) in [4.78, 5) is 18.9. The number of piperidine rings is 1. The Hall–Kier alpha value is -3.14. The van der Waals surface area contributed by atoms with Crippen LogP contribution in [-0.2, 0) is 11.0 Å². The molecule has 168 valence electrons. The van der Waals surface area contributed by atoms with E-state index in [1.54, 1.807) is 12.4 Å². The highest BCUT2D eigenvalue weighted by Crippen LogP contribution is 2.34. The first-order valence-electron chi connectivity index (χ1n) is 9.99. The lowest BCUT2D eigenvalue weighted by Gasteiger charge is -2.32. The third kappa shape index (κ3) is 4.69. The van der Waals surface area contributed by atoms with E-state index in [0.29, 0.717) is 31.1 Å². The zero-order valence-electron chi connectivity index (χ0n) is 17.1. The summed E-state index contributed by atoms with van der Waals surface area (Å²) in [6, 6.07) is 6.51. The maximum Gasteiger partial charge on any atom is 0.416 e. The minimum atomic E-state index is -4.52. The van der Waals surface area contributed by atoms with Gasteiger partial charge in [0.2, 0.25) is 5.91 Å². The molecule has 1 aliphatic heterocycles. The van der Waals surface area contributed by atoms with Crippen molar-refractivity contribution in [3.8, 4) is 5.82 Å². The molecule has 0 spiro atoms. The molecule has 11 heteroatoms. The Balaban J connectivity index is 1.45. The van der Waals surface area contributed by atoms with Gasteiger partial charge in [0, 0.05) is 25.5 Å². The highest BCUT2D eigenvalue weighted by molar-refractivity contribution is 6.33. The first-order chi connectivity index (χ1) is 15.2. The van der Waals surface area contributed by atoms with Crippen LogP contribution in [0, 0.1) is 12.8 Å². The first kappa shape index (κ1) is 22.1. The number of halogens is 4. The third-order valence-electron chi connectivity index (χ3n) is 5.38. The molecule has 0 aliphatic carbocycles. The van der Waals surface area contributed by atoms with Crippen molar-refractivity contribution in [2.45, 2.75) is 25.9 Å². The molecular formula is C21H20ClF3N6O. The zero-order chi connectivity index (χ0) is 22.9. The van der Waals surface area contributed by atoms with E-state index in [1.807, 2.05) is 28.5 Å². The molecule has 1 unspecified atom stereocenters. The Morgan fingerprint density at radius 1 is 1.19 bits per heavy atom. The van der Waals surface area contributed by atoms with Gasteiger partial charge in [0.15, 0.2) is 11.6 Å². The highest BCUT2D eigenvalue weighted by atomic mass is 35.5. The summed E-state index contributed by atoms with van der Waals surface area (Å²) in [6.07, 6.45) is 0.289. The number of anilines is 2. The van der Waals surface area contributed by atoms with Crippen LogP contribution in [-0.4, -0.2) is 38.7 Å². The smallest absolute Gasteiger partial charge is 0.354 e. The Kier molecular flexibility index (Phi) is 6.05. The molecule has 3 aromatic rings. The quantitative estimate of drug-likeness (QED) is 0.615. The average Bonchev–Trinajstić information content (AvgIpc) is 3.20. The number of nitrogens with zero attached hydrogens (tertiary/aromatic N) is 5. The van der Waals surface area contributed by atoms with Crippen molar-refractivity contribution < 1.29 is 18.0 Å². The van der Waals surface area contributed by atoms with Crippen molar-refractivity contribution in [2.24, 2.45) is 5.92 Å². The molecule has 3 heterocycles. The van der Waals surface area contributed by atoms with Crippen LogP contribution >= 0.6 is 11.6 Å². The Morgan fingerprint density at radius 3 is 2.59 bits per heavy atom. The van der Waals surface area contributed by atoms with E-state index >= 15 is 0 Å². The normalized spacial score (nSPS) is 16.8. The number of carbonyl (C=O) groups excluding carboxylic acids is 1. The number of carbonyl (C=O) groups is 1. The van der Waals surface area contributed by atoms with E-state index < -0.39 is 17.7 Å². The second-order valence-electron chi connectivity index (χ2n) is 7.56. The Bertz CT molecular complexity index is 1120. The number of aromatic nitrogens is 4. The lowest BCUT2D eigenvalue weighted by atomic mass is 9.97. The van der Waals surface area contributed by atoms with E-state index in [2.05, 4.69) is 20.5 Å². The summed E-state index contributed by atoms with van der Waals surface area (Å²) < 4.78 is 40.8. The molecular weight excluding hydrogens is 445 g/mol. The summed E-state index contributed by atoms with van der Waals surface area (Å²) in [5.41, 5.74) is -0.922. The fourth-order valence-electron chi connectivity index (χ4n) is 3.67. The first-order valence-corrected chi connectivity index (χ1v) is 10.4. The summed E-state index contributed by atoms with van der Waals surface area (Å²) in [6.45, 7) is 2.94. The number of alkyl halides is 3. The number of amides is 1. The van der Waals surface area contributed by atoms with Crippen LogP contribution in [0.5, 0.6) is 0 Å². The van der Waals surface area contributed by atoms with Crippen LogP contribution in [0.3, 0.4) is 0 Å². The minimum Gasteiger partial charge on any atom is -0.354 e. The molecule has 1 atom stereocenters. The van der Waals surface area contributed by atoms with E-state index in [4.69, 9.17) is 11.6 Å². The number of hydrogen-bond acceptors (Lipinski definition) is 5. The summed E-state index contributed by atoms with van der Waals surface area (Å²) >= 11 is 6.00. The van der Waals surface area contributed by atoms with Crippen LogP contribution in [0.2, 0.25) is 5.02 Å². The molecule has 0 radical (unpaired) electrons. The Labute approximate surface area is 187 Å². The number of imidazole rings is 1. The summed E-state index contributed by atoms with van der Waals surface area (Å²) in [5, 5.41) is 11.1. The number of benzene rings is 1. The monoisotopic (exact) mass is 464 g/mol. The van der Waals surface area contributed by atoms with Crippen molar-refractivity contribution in [2.75, 3.05) is 23.3 Å².